The van der Waals surface area contributed by atoms with Crippen LogP contribution in [0.25, 0.3) is 0 Å². The molecule has 0 aliphatic carbocycles. The highest BCUT2D eigenvalue weighted by atomic mass is 32.1. The Morgan fingerprint density at radius 2 is 2.06 bits per heavy atom. The molecule has 0 bridgehead atoms. The number of nitrogens with zero attached hydrogens (tertiary/aromatic N) is 1. The van der Waals surface area contributed by atoms with Gasteiger partial charge in [-0.2, -0.15) is 0 Å². The quantitative estimate of drug-likeness (QED) is 0.845. The summed E-state index contributed by atoms with van der Waals surface area (Å²) in [6.07, 6.45) is 0.963. The van der Waals surface area contributed by atoms with E-state index in [2.05, 4.69) is 19.2 Å². The Morgan fingerprint density at radius 3 is 2.67 bits per heavy atom. The summed E-state index contributed by atoms with van der Waals surface area (Å²) in [5.74, 6) is 0.398. The van der Waals surface area contributed by atoms with E-state index in [0.29, 0.717) is 17.6 Å². The predicted octanol–water partition coefficient (Wildman–Crippen LogP) is 2.32. The van der Waals surface area contributed by atoms with Crippen molar-refractivity contribution in [3.63, 3.8) is 0 Å². The van der Waals surface area contributed by atoms with Gasteiger partial charge in [0, 0.05) is 0 Å². The van der Waals surface area contributed by atoms with Gasteiger partial charge in [-0.3, -0.25) is 9.69 Å². The third kappa shape index (κ3) is 2.53. The van der Waals surface area contributed by atoms with E-state index in [1.807, 2.05) is 30.3 Å². The van der Waals surface area contributed by atoms with Crippen molar-refractivity contribution in [2.75, 3.05) is 0 Å². The number of hydrogen-bond acceptors (Lipinski definition) is 2. The number of nitrogens with one attached hydrogen (secondary N) is 1. The second-order valence-electron chi connectivity index (χ2n) is 4.72. The molecule has 3 nitrogen and oxygen atoms in total. The molecule has 0 saturated carbocycles. The minimum absolute atomic E-state index is 0.0956. The first-order valence-electron chi connectivity index (χ1n) is 6.29. The molecule has 1 saturated heterocycles. The Kier molecular flexibility index (Phi) is 3.97. The van der Waals surface area contributed by atoms with Gasteiger partial charge in [0.1, 0.15) is 6.04 Å². The molecule has 1 amide bonds. The van der Waals surface area contributed by atoms with E-state index in [9.17, 15) is 4.79 Å². The van der Waals surface area contributed by atoms with Crippen molar-refractivity contribution in [2.45, 2.75) is 32.9 Å². The summed E-state index contributed by atoms with van der Waals surface area (Å²) in [7, 11) is 0. The van der Waals surface area contributed by atoms with Gasteiger partial charge in [-0.25, -0.2) is 0 Å². The molecule has 0 aromatic heterocycles. The molecule has 2 atom stereocenters. The molecule has 1 heterocycles. The van der Waals surface area contributed by atoms with Crippen LogP contribution in [0, 0.1) is 5.92 Å². The molecule has 1 aliphatic heterocycles. The van der Waals surface area contributed by atoms with Crippen LogP contribution >= 0.6 is 12.2 Å². The van der Waals surface area contributed by atoms with Crippen LogP contribution in [-0.4, -0.2) is 22.0 Å². The predicted molar refractivity (Wildman–Crippen MR) is 76.0 cm³/mol. The topological polar surface area (TPSA) is 32.3 Å². The average molecular weight is 262 g/mol. The maximum atomic E-state index is 12.3. The van der Waals surface area contributed by atoms with Crippen molar-refractivity contribution >= 4 is 23.2 Å². The lowest BCUT2D eigenvalue weighted by atomic mass is 9.99. The third-order valence-electron chi connectivity index (χ3n) is 3.45. The Morgan fingerprint density at radius 1 is 1.39 bits per heavy atom. The van der Waals surface area contributed by atoms with E-state index in [1.165, 1.54) is 0 Å². The second-order valence-corrected chi connectivity index (χ2v) is 5.11. The van der Waals surface area contributed by atoms with Gasteiger partial charge in [-0.05, 0) is 23.7 Å². The van der Waals surface area contributed by atoms with Gasteiger partial charge in [-0.1, -0.05) is 50.6 Å². The van der Waals surface area contributed by atoms with Crippen LogP contribution in [0.3, 0.4) is 0 Å². The molecule has 1 fully saturated rings. The van der Waals surface area contributed by atoms with Crippen LogP contribution in [0.5, 0.6) is 0 Å². The van der Waals surface area contributed by atoms with Crippen LogP contribution in [0.1, 0.15) is 25.8 Å². The number of benzene rings is 1. The Hall–Kier alpha value is -1.42. The first-order chi connectivity index (χ1) is 8.63. The summed E-state index contributed by atoms with van der Waals surface area (Å²) in [5.41, 5.74) is 1.10. The summed E-state index contributed by atoms with van der Waals surface area (Å²) in [4.78, 5) is 14.0. The van der Waals surface area contributed by atoms with Crippen molar-refractivity contribution in [1.82, 2.24) is 10.2 Å². The molecule has 1 aliphatic rings. The van der Waals surface area contributed by atoms with Crippen molar-refractivity contribution < 1.29 is 4.79 Å². The van der Waals surface area contributed by atoms with E-state index in [0.717, 1.165) is 12.0 Å². The molecule has 0 unspecified atom stereocenters. The highest BCUT2D eigenvalue weighted by Gasteiger charge is 2.37. The molecular formula is C14H18N2OS. The van der Waals surface area contributed by atoms with Gasteiger partial charge < -0.3 is 5.32 Å². The first kappa shape index (κ1) is 13.0. The molecule has 1 aromatic rings. The minimum atomic E-state index is -0.161. The lowest BCUT2D eigenvalue weighted by Crippen LogP contribution is -2.35. The highest BCUT2D eigenvalue weighted by Crippen LogP contribution is 2.18. The molecule has 0 radical (unpaired) electrons. The van der Waals surface area contributed by atoms with Gasteiger partial charge in [0.25, 0.3) is 5.91 Å². The molecule has 18 heavy (non-hydrogen) atoms. The molecular weight excluding hydrogens is 244 g/mol. The molecule has 96 valence electrons. The fourth-order valence-electron chi connectivity index (χ4n) is 2.08. The molecule has 1 aromatic carbocycles. The fourth-order valence-corrected chi connectivity index (χ4v) is 2.36. The van der Waals surface area contributed by atoms with Crippen molar-refractivity contribution in [2.24, 2.45) is 5.92 Å². The average Bonchev–Trinajstić information content (AvgIpc) is 2.67. The largest absolute Gasteiger partial charge is 0.350 e. The number of thiocarbonyl (C=S) groups is 1. The van der Waals surface area contributed by atoms with E-state index < -0.39 is 0 Å². The highest BCUT2D eigenvalue weighted by molar-refractivity contribution is 7.80. The van der Waals surface area contributed by atoms with Crippen molar-refractivity contribution in [1.29, 1.82) is 0 Å². The van der Waals surface area contributed by atoms with Crippen molar-refractivity contribution in [3.05, 3.63) is 35.9 Å². The van der Waals surface area contributed by atoms with Gasteiger partial charge in [0.15, 0.2) is 5.11 Å². The Bertz CT molecular complexity index is 446. The molecule has 0 spiro atoms. The Labute approximate surface area is 113 Å². The zero-order valence-electron chi connectivity index (χ0n) is 10.7. The smallest absolute Gasteiger partial charge is 0.251 e. The molecule has 2 rings (SSSR count). The van der Waals surface area contributed by atoms with Crippen LogP contribution in [0.4, 0.5) is 0 Å². The zero-order valence-corrected chi connectivity index (χ0v) is 11.5. The van der Waals surface area contributed by atoms with Crippen LogP contribution in [0.15, 0.2) is 30.3 Å². The van der Waals surface area contributed by atoms with Crippen LogP contribution < -0.4 is 5.32 Å². The minimum Gasteiger partial charge on any atom is -0.350 e. The van der Waals surface area contributed by atoms with Crippen LogP contribution in [-0.2, 0) is 11.3 Å². The number of hydrogen-bond donors (Lipinski definition) is 1. The summed E-state index contributed by atoms with van der Waals surface area (Å²) in [6.45, 7) is 4.71. The number of rotatable bonds is 4. The molecule has 1 N–H and O–H groups in total. The van der Waals surface area contributed by atoms with Crippen LogP contribution in [0.2, 0.25) is 0 Å². The standard InChI is InChI=1S/C14H18N2OS/c1-3-10(2)12-13(17)16(14(18)15-12)9-11-7-5-4-6-8-11/h4-8,10,12H,3,9H2,1-2H3,(H,15,18)/t10-,12-/m1/s1. The number of carbonyl (C=O) groups is 1. The number of amides is 1. The van der Waals surface area contributed by atoms with Gasteiger partial charge in [0.2, 0.25) is 0 Å². The summed E-state index contributed by atoms with van der Waals surface area (Å²) >= 11 is 5.25. The van der Waals surface area contributed by atoms with E-state index in [4.69, 9.17) is 12.2 Å². The summed E-state index contributed by atoms with van der Waals surface area (Å²) in [5, 5.41) is 3.68. The van der Waals surface area contributed by atoms with E-state index >= 15 is 0 Å². The third-order valence-corrected chi connectivity index (χ3v) is 3.79. The maximum absolute atomic E-state index is 12.3. The maximum Gasteiger partial charge on any atom is 0.251 e. The summed E-state index contributed by atoms with van der Waals surface area (Å²) < 4.78 is 0. The zero-order chi connectivity index (χ0) is 13.1. The summed E-state index contributed by atoms with van der Waals surface area (Å²) in [6, 6.07) is 9.76. The van der Waals surface area contributed by atoms with Crippen molar-refractivity contribution in [3.8, 4) is 0 Å². The lowest BCUT2D eigenvalue weighted by molar-refractivity contribution is -0.128. The monoisotopic (exact) mass is 262 g/mol. The van der Waals surface area contributed by atoms with Gasteiger partial charge in [-0.15, -0.1) is 0 Å². The van der Waals surface area contributed by atoms with Gasteiger partial charge in [0.05, 0.1) is 6.54 Å². The Balaban J connectivity index is 2.10. The fraction of sp³-hybridized carbons (Fsp3) is 0.429. The molecule has 4 heteroatoms. The lowest BCUT2D eigenvalue weighted by Gasteiger charge is -2.16. The van der Waals surface area contributed by atoms with Gasteiger partial charge >= 0.3 is 0 Å². The normalized spacial score (nSPS) is 21.0. The van der Waals surface area contributed by atoms with E-state index in [1.54, 1.807) is 4.90 Å². The second kappa shape index (κ2) is 5.48. The SMILES string of the molecule is CC[C@@H](C)[C@H]1NC(=S)N(Cc2ccccc2)C1=O. The first-order valence-corrected chi connectivity index (χ1v) is 6.70. The van der Waals surface area contributed by atoms with E-state index in [-0.39, 0.29) is 11.9 Å². The number of carbonyl (C=O) groups excluding carboxylic acids is 1.